The van der Waals surface area contributed by atoms with Crippen LogP contribution in [0.5, 0.6) is 0 Å². The van der Waals surface area contributed by atoms with Crippen molar-refractivity contribution in [3.63, 3.8) is 0 Å². The summed E-state index contributed by atoms with van der Waals surface area (Å²) < 4.78 is 13.9. The van der Waals surface area contributed by atoms with Gasteiger partial charge in [-0.2, -0.15) is 4.39 Å². The Hall–Kier alpha value is -1.53. The average Bonchev–Trinajstić information content (AvgIpc) is 2.44. The lowest BCUT2D eigenvalue weighted by atomic mass is 9.79. The van der Waals surface area contributed by atoms with Crippen LogP contribution < -0.4 is 5.32 Å². The van der Waals surface area contributed by atoms with Crippen molar-refractivity contribution < 1.29 is 14.4 Å². The number of benzene rings is 1. The van der Waals surface area contributed by atoms with Gasteiger partial charge in [0.2, 0.25) is 5.82 Å². The SMILES string of the molecule is CC1CCC(O)(CNCc2cccc([N+](=O)[O-])c2F)CC1. The lowest BCUT2D eigenvalue weighted by Crippen LogP contribution is -2.43. The van der Waals surface area contributed by atoms with Crippen LogP contribution in [0.4, 0.5) is 10.1 Å². The number of hydrogen-bond acceptors (Lipinski definition) is 4. The number of rotatable bonds is 5. The fourth-order valence-corrected chi connectivity index (χ4v) is 2.75. The molecule has 0 aromatic heterocycles. The van der Waals surface area contributed by atoms with E-state index in [2.05, 4.69) is 12.2 Å². The first-order valence-corrected chi connectivity index (χ1v) is 7.26. The zero-order valence-corrected chi connectivity index (χ0v) is 12.1. The molecule has 0 bridgehead atoms. The molecule has 0 amide bonds. The Kier molecular flexibility index (Phi) is 4.90. The smallest absolute Gasteiger partial charge is 0.305 e. The number of nitro benzene ring substituents is 1. The quantitative estimate of drug-likeness (QED) is 0.647. The molecule has 0 aliphatic heterocycles. The van der Waals surface area contributed by atoms with Crippen molar-refractivity contribution >= 4 is 5.69 Å². The molecule has 0 saturated heterocycles. The van der Waals surface area contributed by atoms with E-state index in [1.54, 1.807) is 0 Å². The zero-order valence-electron chi connectivity index (χ0n) is 12.1. The van der Waals surface area contributed by atoms with E-state index < -0.39 is 22.0 Å². The molecule has 2 rings (SSSR count). The van der Waals surface area contributed by atoms with Gasteiger partial charge in [0.15, 0.2) is 0 Å². The minimum Gasteiger partial charge on any atom is -0.389 e. The van der Waals surface area contributed by atoms with Crippen LogP contribution in [0.25, 0.3) is 0 Å². The first-order valence-electron chi connectivity index (χ1n) is 7.26. The maximum Gasteiger partial charge on any atom is 0.305 e. The largest absolute Gasteiger partial charge is 0.389 e. The maximum absolute atomic E-state index is 13.9. The summed E-state index contributed by atoms with van der Waals surface area (Å²) in [6, 6.07) is 4.13. The number of nitrogens with one attached hydrogen (secondary N) is 1. The van der Waals surface area contributed by atoms with E-state index in [1.165, 1.54) is 12.1 Å². The topological polar surface area (TPSA) is 75.4 Å². The van der Waals surface area contributed by atoms with E-state index in [1.807, 2.05) is 0 Å². The van der Waals surface area contributed by atoms with Crippen molar-refractivity contribution in [3.05, 3.63) is 39.7 Å². The molecule has 2 N–H and O–H groups in total. The Morgan fingerprint density at radius 3 is 2.76 bits per heavy atom. The van der Waals surface area contributed by atoms with E-state index in [0.29, 0.717) is 12.5 Å². The highest BCUT2D eigenvalue weighted by molar-refractivity contribution is 5.36. The van der Waals surface area contributed by atoms with Crippen LogP contribution >= 0.6 is 0 Å². The third-order valence-corrected chi connectivity index (χ3v) is 4.23. The molecule has 0 spiro atoms. The Balaban J connectivity index is 1.92. The fourth-order valence-electron chi connectivity index (χ4n) is 2.75. The van der Waals surface area contributed by atoms with Crippen molar-refractivity contribution in [2.45, 2.75) is 44.8 Å². The minimum absolute atomic E-state index is 0.172. The second kappa shape index (κ2) is 6.49. The van der Waals surface area contributed by atoms with Crippen LogP contribution in [0, 0.1) is 21.8 Å². The second-order valence-corrected chi connectivity index (χ2v) is 6.02. The number of nitro groups is 1. The van der Waals surface area contributed by atoms with Gasteiger partial charge in [-0.15, -0.1) is 0 Å². The molecule has 0 unspecified atom stereocenters. The third kappa shape index (κ3) is 3.98. The van der Waals surface area contributed by atoms with Crippen molar-refractivity contribution in [2.75, 3.05) is 6.54 Å². The monoisotopic (exact) mass is 296 g/mol. The summed E-state index contributed by atoms with van der Waals surface area (Å²) in [6.07, 6.45) is 3.45. The highest BCUT2D eigenvalue weighted by Crippen LogP contribution is 2.31. The molecule has 21 heavy (non-hydrogen) atoms. The Morgan fingerprint density at radius 2 is 2.14 bits per heavy atom. The van der Waals surface area contributed by atoms with E-state index >= 15 is 0 Å². The average molecular weight is 296 g/mol. The molecule has 1 aliphatic rings. The summed E-state index contributed by atoms with van der Waals surface area (Å²) in [7, 11) is 0. The van der Waals surface area contributed by atoms with Crippen molar-refractivity contribution in [1.82, 2.24) is 5.32 Å². The molecule has 116 valence electrons. The van der Waals surface area contributed by atoms with Gasteiger partial charge in [0, 0.05) is 24.7 Å². The Labute approximate surface area is 123 Å². The fraction of sp³-hybridized carbons (Fsp3) is 0.600. The van der Waals surface area contributed by atoms with Gasteiger partial charge in [0.25, 0.3) is 0 Å². The third-order valence-electron chi connectivity index (χ3n) is 4.23. The predicted octanol–water partition coefficient (Wildman–Crippen LogP) is 2.76. The molecule has 1 aliphatic carbocycles. The van der Waals surface area contributed by atoms with Crippen LogP contribution in [-0.2, 0) is 6.54 Å². The summed E-state index contributed by atoms with van der Waals surface area (Å²) in [5, 5.41) is 24.1. The molecular weight excluding hydrogens is 275 g/mol. The van der Waals surface area contributed by atoms with Gasteiger partial charge in [0.05, 0.1) is 10.5 Å². The highest BCUT2D eigenvalue weighted by Gasteiger charge is 2.31. The predicted molar refractivity (Wildman–Crippen MR) is 77.3 cm³/mol. The standard InChI is InChI=1S/C15H21FN2O3/c1-11-5-7-15(19,8-6-11)10-17-9-12-3-2-4-13(14(12)16)18(20)21/h2-4,11,17,19H,5-10H2,1H3. The van der Waals surface area contributed by atoms with Crippen LogP contribution in [-0.4, -0.2) is 22.2 Å². The van der Waals surface area contributed by atoms with Gasteiger partial charge in [-0.3, -0.25) is 10.1 Å². The number of aliphatic hydroxyl groups is 1. The molecule has 1 saturated carbocycles. The Bertz CT molecular complexity index is 514. The molecule has 0 heterocycles. The summed E-state index contributed by atoms with van der Waals surface area (Å²) in [6.45, 7) is 2.72. The second-order valence-electron chi connectivity index (χ2n) is 6.02. The maximum atomic E-state index is 13.9. The minimum atomic E-state index is -0.806. The van der Waals surface area contributed by atoms with Gasteiger partial charge in [-0.25, -0.2) is 0 Å². The van der Waals surface area contributed by atoms with Crippen LogP contribution in [0.3, 0.4) is 0 Å². The molecule has 6 heteroatoms. The van der Waals surface area contributed by atoms with E-state index in [0.717, 1.165) is 31.7 Å². The summed E-state index contributed by atoms with van der Waals surface area (Å²) in [5.41, 5.74) is -1.01. The highest BCUT2D eigenvalue weighted by atomic mass is 19.1. The normalized spacial score (nSPS) is 25.8. The van der Waals surface area contributed by atoms with Gasteiger partial charge in [0.1, 0.15) is 0 Å². The van der Waals surface area contributed by atoms with Gasteiger partial charge in [-0.05, 0) is 31.6 Å². The number of halogens is 1. The van der Waals surface area contributed by atoms with Gasteiger partial charge in [-0.1, -0.05) is 19.1 Å². The van der Waals surface area contributed by atoms with Gasteiger partial charge < -0.3 is 10.4 Å². The number of hydrogen-bond donors (Lipinski definition) is 2. The molecule has 0 atom stereocenters. The molecule has 0 radical (unpaired) electrons. The lowest BCUT2D eigenvalue weighted by molar-refractivity contribution is -0.387. The van der Waals surface area contributed by atoms with Crippen molar-refractivity contribution in [2.24, 2.45) is 5.92 Å². The zero-order chi connectivity index (χ0) is 15.5. The lowest BCUT2D eigenvalue weighted by Gasteiger charge is -2.35. The Morgan fingerprint density at radius 1 is 1.48 bits per heavy atom. The summed E-state index contributed by atoms with van der Waals surface area (Å²) in [5.74, 6) is -0.168. The van der Waals surface area contributed by atoms with Gasteiger partial charge >= 0.3 is 5.69 Å². The van der Waals surface area contributed by atoms with Crippen molar-refractivity contribution in [3.8, 4) is 0 Å². The van der Waals surface area contributed by atoms with Crippen LogP contribution in [0.15, 0.2) is 18.2 Å². The molecule has 1 aromatic carbocycles. The molecule has 5 nitrogen and oxygen atoms in total. The number of nitrogens with zero attached hydrogens (tertiary/aromatic N) is 1. The molecular formula is C15H21FN2O3. The molecule has 1 aromatic rings. The first-order chi connectivity index (χ1) is 9.91. The first kappa shape index (κ1) is 15.9. The van der Waals surface area contributed by atoms with Crippen molar-refractivity contribution in [1.29, 1.82) is 0 Å². The van der Waals surface area contributed by atoms with E-state index in [4.69, 9.17) is 0 Å². The van der Waals surface area contributed by atoms with Crippen LogP contribution in [0.1, 0.15) is 38.2 Å². The van der Waals surface area contributed by atoms with E-state index in [9.17, 15) is 19.6 Å². The summed E-state index contributed by atoms with van der Waals surface area (Å²) >= 11 is 0. The van der Waals surface area contributed by atoms with Crippen LogP contribution in [0.2, 0.25) is 0 Å². The summed E-state index contributed by atoms with van der Waals surface area (Å²) in [4.78, 5) is 9.95. The van der Waals surface area contributed by atoms with E-state index in [-0.39, 0.29) is 12.1 Å². The molecule has 1 fully saturated rings.